The van der Waals surface area contributed by atoms with E-state index in [1.54, 1.807) is 0 Å². The maximum absolute atomic E-state index is 3.53. The first-order valence-electron chi connectivity index (χ1n) is 5.97. The summed E-state index contributed by atoms with van der Waals surface area (Å²) in [5, 5.41) is 7.04. The van der Waals surface area contributed by atoms with Gasteiger partial charge in [0, 0.05) is 12.2 Å². The molecule has 0 aromatic heterocycles. The molecule has 1 aliphatic heterocycles. The number of fused-ring (bicyclic) bond motifs is 1. The highest BCUT2D eigenvalue weighted by Gasteiger charge is 2.17. The Morgan fingerprint density at radius 2 is 1.94 bits per heavy atom. The van der Waals surface area contributed by atoms with Gasteiger partial charge in [0.1, 0.15) is 6.17 Å². The van der Waals surface area contributed by atoms with E-state index in [-0.39, 0.29) is 6.17 Å². The Kier molecular flexibility index (Phi) is 2.57. The minimum atomic E-state index is 0.213. The average molecular weight is 224 g/mol. The van der Waals surface area contributed by atoms with E-state index in [1.807, 2.05) is 0 Å². The summed E-state index contributed by atoms with van der Waals surface area (Å²) in [7, 11) is 0. The summed E-state index contributed by atoms with van der Waals surface area (Å²) in [6.45, 7) is 3.04. The summed E-state index contributed by atoms with van der Waals surface area (Å²) >= 11 is 0. The highest BCUT2D eigenvalue weighted by Crippen LogP contribution is 2.26. The summed E-state index contributed by atoms with van der Waals surface area (Å²) in [5.74, 6) is 0. The topological polar surface area (TPSA) is 24.1 Å². The second-order valence-corrected chi connectivity index (χ2v) is 4.53. The molecule has 0 bridgehead atoms. The Hall–Kier alpha value is -1.80. The van der Waals surface area contributed by atoms with Gasteiger partial charge in [-0.3, -0.25) is 5.32 Å². The molecule has 3 rings (SSSR count). The van der Waals surface area contributed by atoms with Crippen LogP contribution < -0.4 is 10.6 Å². The second-order valence-electron chi connectivity index (χ2n) is 4.53. The largest absolute Gasteiger partial charge is 0.366 e. The van der Waals surface area contributed by atoms with E-state index < -0.39 is 0 Å². The number of rotatable bonds is 1. The Bertz CT molecular complexity index is 534. The summed E-state index contributed by atoms with van der Waals surface area (Å²) in [6, 6.07) is 17.1. The van der Waals surface area contributed by atoms with Crippen molar-refractivity contribution in [3.05, 3.63) is 65.2 Å². The van der Waals surface area contributed by atoms with Gasteiger partial charge >= 0.3 is 0 Å². The van der Waals surface area contributed by atoms with Gasteiger partial charge in [-0.2, -0.15) is 0 Å². The van der Waals surface area contributed by atoms with Crippen molar-refractivity contribution in [1.82, 2.24) is 5.32 Å². The predicted octanol–water partition coefficient (Wildman–Crippen LogP) is 3.21. The van der Waals surface area contributed by atoms with Crippen molar-refractivity contribution in [2.24, 2.45) is 0 Å². The molecule has 86 valence electrons. The minimum Gasteiger partial charge on any atom is -0.366 e. The lowest BCUT2D eigenvalue weighted by Gasteiger charge is -2.28. The number of hydrogen-bond donors (Lipinski definition) is 2. The molecule has 1 heterocycles. The average Bonchev–Trinajstić information content (AvgIpc) is 2.38. The lowest BCUT2D eigenvalue weighted by atomic mass is 10.1. The molecule has 0 radical (unpaired) electrons. The van der Waals surface area contributed by atoms with E-state index in [4.69, 9.17) is 0 Å². The molecule has 2 aromatic rings. The Morgan fingerprint density at radius 3 is 2.82 bits per heavy atom. The van der Waals surface area contributed by atoms with Crippen molar-refractivity contribution >= 4 is 5.69 Å². The standard InChI is InChI=1S/C15H16N2/c1-11-5-4-7-12(9-11)15-16-10-13-6-2-3-8-14(13)17-15/h2-9,15-17H,10H2,1H3. The number of nitrogens with one attached hydrogen (secondary N) is 2. The van der Waals surface area contributed by atoms with Gasteiger partial charge in [0.05, 0.1) is 0 Å². The molecule has 0 saturated heterocycles. The smallest absolute Gasteiger partial charge is 0.103 e. The Balaban J connectivity index is 1.89. The monoisotopic (exact) mass is 224 g/mol. The lowest BCUT2D eigenvalue weighted by Crippen LogP contribution is -2.32. The van der Waals surface area contributed by atoms with Crippen LogP contribution in [0.2, 0.25) is 0 Å². The third-order valence-corrected chi connectivity index (χ3v) is 3.19. The lowest BCUT2D eigenvalue weighted by molar-refractivity contribution is 0.565. The zero-order valence-corrected chi connectivity index (χ0v) is 9.90. The molecule has 0 aliphatic carbocycles. The molecule has 0 amide bonds. The molecular formula is C15H16N2. The van der Waals surface area contributed by atoms with Crippen LogP contribution in [0.3, 0.4) is 0 Å². The third kappa shape index (κ3) is 2.04. The number of anilines is 1. The highest BCUT2D eigenvalue weighted by molar-refractivity contribution is 5.54. The maximum atomic E-state index is 3.53. The number of benzene rings is 2. The molecule has 0 fully saturated rings. The third-order valence-electron chi connectivity index (χ3n) is 3.19. The van der Waals surface area contributed by atoms with Crippen LogP contribution in [0.5, 0.6) is 0 Å². The SMILES string of the molecule is Cc1cccc(C2NCc3ccccc3N2)c1. The minimum absolute atomic E-state index is 0.213. The zero-order valence-electron chi connectivity index (χ0n) is 9.90. The fourth-order valence-electron chi connectivity index (χ4n) is 2.28. The Morgan fingerprint density at radius 1 is 1.06 bits per heavy atom. The van der Waals surface area contributed by atoms with Gasteiger partial charge in [-0.1, -0.05) is 48.0 Å². The Labute approximate surface area is 102 Å². The number of para-hydroxylation sites is 1. The van der Waals surface area contributed by atoms with Gasteiger partial charge < -0.3 is 5.32 Å². The molecule has 1 atom stereocenters. The molecular weight excluding hydrogens is 208 g/mol. The fourth-order valence-corrected chi connectivity index (χ4v) is 2.28. The quantitative estimate of drug-likeness (QED) is 0.777. The maximum Gasteiger partial charge on any atom is 0.103 e. The molecule has 1 unspecified atom stereocenters. The fraction of sp³-hybridized carbons (Fsp3) is 0.200. The number of aryl methyl sites for hydroxylation is 1. The molecule has 2 nitrogen and oxygen atoms in total. The van der Waals surface area contributed by atoms with Crippen molar-refractivity contribution in [3.63, 3.8) is 0 Å². The van der Waals surface area contributed by atoms with Crippen molar-refractivity contribution < 1.29 is 0 Å². The van der Waals surface area contributed by atoms with Crippen molar-refractivity contribution in [2.45, 2.75) is 19.6 Å². The van der Waals surface area contributed by atoms with Gasteiger partial charge in [-0.05, 0) is 24.1 Å². The van der Waals surface area contributed by atoms with E-state index in [9.17, 15) is 0 Å². The highest BCUT2D eigenvalue weighted by atomic mass is 15.1. The van der Waals surface area contributed by atoms with Crippen LogP contribution in [0.4, 0.5) is 5.69 Å². The molecule has 1 aliphatic rings. The van der Waals surface area contributed by atoms with Crippen LogP contribution in [0.1, 0.15) is 22.9 Å². The summed E-state index contributed by atoms with van der Waals surface area (Å²) in [5.41, 5.74) is 5.15. The van der Waals surface area contributed by atoms with Crippen LogP contribution in [-0.4, -0.2) is 0 Å². The van der Waals surface area contributed by atoms with Crippen LogP contribution in [0.15, 0.2) is 48.5 Å². The van der Waals surface area contributed by atoms with Gasteiger partial charge in [-0.25, -0.2) is 0 Å². The van der Waals surface area contributed by atoms with Crippen LogP contribution in [-0.2, 0) is 6.54 Å². The molecule has 17 heavy (non-hydrogen) atoms. The van der Waals surface area contributed by atoms with Crippen LogP contribution in [0.25, 0.3) is 0 Å². The van der Waals surface area contributed by atoms with Gasteiger partial charge in [0.2, 0.25) is 0 Å². The number of hydrogen-bond acceptors (Lipinski definition) is 2. The zero-order chi connectivity index (χ0) is 11.7. The first kappa shape index (κ1) is 10.4. The predicted molar refractivity (Wildman–Crippen MR) is 70.8 cm³/mol. The van der Waals surface area contributed by atoms with Gasteiger partial charge in [0.15, 0.2) is 0 Å². The molecule has 2 aromatic carbocycles. The van der Waals surface area contributed by atoms with E-state index in [1.165, 1.54) is 22.4 Å². The molecule has 0 saturated carbocycles. The van der Waals surface area contributed by atoms with Crippen LogP contribution >= 0.6 is 0 Å². The van der Waals surface area contributed by atoms with Gasteiger partial charge in [0.25, 0.3) is 0 Å². The second kappa shape index (κ2) is 4.22. The van der Waals surface area contributed by atoms with E-state index >= 15 is 0 Å². The first-order valence-corrected chi connectivity index (χ1v) is 5.97. The van der Waals surface area contributed by atoms with Crippen molar-refractivity contribution in [1.29, 1.82) is 0 Å². The van der Waals surface area contributed by atoms with Gasteiger partial charge in [-0.15, -0.1) is 0 Å². The molecule has 2 N–H and O–H groups in total. The van der Waals surface area contributed by atoms with E-state index in [0.717, 1.165) is 6.54 Å². The van der Waals surface area contributed by atoms with Crippen molar-refractivity contribution in [2.75, 3.05) is 5.32 Å². The molecule has 2 heteroatoms. The molecule has 0 spiro atoms. The van der Waals surface area contributed by atoms with Crippen molar-refractivity contribution in [3.8, 4) is 0 Å². The van der Waals surface area contributed by atoms with E-state index in [0.29, 0.717) is 0 Å². The summed E-state index contributed by atoms with van der Waals surface area (Å²) < 4.78 is 0. The van der Waals surface area contributed by atoms with Crippen LogP contribution in [0, 0.1) is 6.92 Å². The summed E-state index contributed by atoms with van der Waals surface area (Å²) in [4.78, 5) is 0. The van der Waals surface area contributed by atoms with E-state index in [2.05, 4.69) is 66.1 Å². The normalized spacial score (nSPS) is 18.3. The first-order chi connectivity index (χ1) is 8.33. The summed E-state index contributed by atoms with van der Waals surface area (Å²) in [6.07, 6.45) is 0.213.